The molecule has 0 aliphatic carbocycles. The Balaban J connectivity index is 2.67. The molecule has 6 heteroatoms. The maximum Gasteiger partial charge on any atom is 0.289 e. The van der Waals surface area contributed by atoms with Gasteiger partial charge in [-0.1, -0.05) is 15.9 Å². The summed E-state index contributed by atoms with van der Waals surface area (Å²) in [5.41, 5.74) is 0. The van der Waals surface area contributed by atoms with Gasteiger partial charge in [0.05, 0.1) is 12.8 Å². The predicted octanol–water partition coefficient (Wildman–Crippen LogP) is 2.38. The summed E-state index contributed by atoms with van der Waals surface area (Å²) in [5, 5.41) is 0.451. The minimum absolute atomic E-state index is 0.0802. The molecule has 0 saturated heterocycles. The van der Waals surface area contributed by atoms with E-state index in [-0.39, 0.29) is 12.3 Å². The highest BCUT2D eigenvalue weighted by Gasteiger charge is 2.20. The monoisotopic (exact) mass is 281 g/mol. The molecule has 0 spiro atoms. The molecular formula is C9H10BrF2NO2. The van der Waals surface area contributed by atoms with E-state index in [9.17, 15) is 13.6 Å². The van der Waals surface area contributed by atoms with Gasteiger partial charge in [-0.25, -0.2) is 8.78 Å². The maximum atomic E-state index is 12.2. The van der Waals surface area contributed by atoms with Crippen molar-refractivity contribution in [3.8, 4) is 0 Å². The van der Waals surface area contributed by atoms with Gasteiger partial charge in [0.2, 0.25) is 0 Å². The molecular weight excluding hydrogens is 272 g/mol. The van der Waals surface area contributed by atoms with E-state index in [4.69, 9.17) is 4.42 Å². The van der Waals surface area contributed by atoms with Crippen molar-refractivity contribution >= 4 is 21.8 Å². The molecule has 1 aromatic heterocycles. The third-order valence-corrected chi connectivity index (χ3v) is 2.09. The highest BCUT2D eigenvalue weighted by molar-refractivity contribution is 9.09. The number of carbonyl (C=O) groups is 1. The SMILES string of the molecule is O=C(c1ccco1)N(CCBr)CC(F)F. The van der Waals surface area contributed by atoms with Crippen LogP contribution in [0.3, 0.4) is 0 Å². The molecule has 0 saturated carbocycles. The van der Waals surface area contributed by atoms with Gasteiger partial charge in [-0.2, -0.15) is 0 Å². The quantitative estimate of drug-likeness (QED) is 0.777. The van der Waals surface area contributed by atoms with Crippen molar-refractivity contribution < 1.29 is 18.0 Å². The molecule has 0 atom stereocenters. The van der Waals surface area contributed by atoms with Crippen LogP contribution in [0.1, 0.15) is 10.6 Å². The maximum absolute atomic E-state index is 12.2. The van der Waals surface area contributed by atoms with Gasteiger partial charge in [-0.05, 0) is 12.1 Å². The Morgan fingerprint density at radius 3 is 2.80 bits per heavy atom. The molecule has 1 amide bonds. The van der Waals surface area contributed by atoms with Gasteiger partial charge in [-0.3, -0.25) is 4.79 Å². The summed E-state index contributed by atoms with van der Waals surface area (Å²) in [7, 11) is 0. The van der Waals surface area contributed by atoms with Gasteiger partial charge in [0.25, 0.3) is 12.3 Å². The third-order valence-electron chi connectivity index (χ3n) is 1.73. The van der Waals surface area contributed by atoms with Crippen LogP contribution in [0.5, 0.6) is 0 Å². The Morgan fingerprint density at radius 2 is 2.33 bits per heavy atom. The van der Waals surface area contributed by atoms with Gasteiger partial charge in [-0.15, -0.1) is 0 Å². The Labute approximate surface area is 94.2 Å². The normalized spacial score (nSPS) is 10.7. The van der Waals surface area contributed by atoms with E-state index in [1.54, 1.807) is 6.07 Å². The summed E-state index contributed by atoms with van der Waals surface area (Å²) >= 11 is 3.10. The molecule has 3 nitrogen and oxygen atoms in total. The van der Waals surface area contributed by atoms with Crippen molar-refractivity contribution in [3.63, 3.8) is 0 Å². The lowest BCUT2D eigenvalue weighted by atomic mass is 10.3. The lowest BCUT2D eigenvalue weighted by Gasteiger charge is -2.19. The minimum Gasteiger partial charge on any atom is -0.459 e. The van der Waals surface area contributed by atoms with Crippen molar-refractivity contribution in [1.29, 1.82) is 0 Å². The van der Waals surface area contributed by atoms with Gasteiger partial charge in [0.1, 0.15) is 0 Å². The summed E-state index contributed by atoms with van der Waals surface area (Å²) in [6.07, 6.45) is -1.20. The molecule has 0 bridgehead atoms. The summed E-state index contributed by atoms with van der Waals surface area (Å²) in [6, 6.07) is 3.00. The van der Waals surface area contributed by atoms with Gasteiger partial charge < -0.3 is 9.32 Å². The summed E-state index contributed by atoms with van der Waals surface area (Å²) in [4.78, 5) is 12.7. The van der Waals surface area contributed by atoms with E-state index in [2.05, 4.69) is 15.9 Å². The van der Waals surface area contributed by atoms with Crippen LogP contribution in [-0.2, 0) is 0 Å². The molecule has 1 rings (SSSR count). The number of amides is 1. The summed E-state index contributed by atoms with van der Waals surface area (Å²) < 4.78 is 29.2. The van der Waals surface area contributed by atoms with Crippen molar-refractivity contribution in [2.24, 2.45) is 0 Å². The van der Waals surface area contributed by atoms with E-state index in [0.29, 0.717) is 5.33 Å². The molecule has 0 aliphatic heterocycles. The summed E-state index contributed by atoms with van der Waals surface area (Å²) in [6.45, 7) is -0.352. The average molecular weight is 282 g/mol. The van der Waals surface area contributed by atoms with Crippen LogP contribution in [0, 0.1) is 0 Å². The molecule has 1 heterocycles. The second-order valence-corrected chi connectivity index (χ2v) is 3.60. The van der Waals surface area contributed by atoms with Crippen LogP contribution in [0.4, 0.5) is 8.78 Å². The zero-order valence-corrected chi connectivity index (χ0v) is 9.41. The first kappa shape index (κ1) is 12.2. The fourth-order valence-electron chi connectivity index (χ4n) is 1.10. The Kier molecular flexibility index (Phi) is 4.74. The van der Waals surface area contributed by atoms with Crippen molar-refractivity contribution in [2.45, 2.75) is 6.43 Å². The molecule has 84 valence electrons. The van der Waals surface area contributed by atoms with E-state index >= 15 is 0 Å². The fraction of sp³-hybridized carbons (Fsp3) is 0.444. The van der Waals surface area contributed by atoms with Crippen molar-refractivity contribution in [1.82, 2.24) is 4.90 Å². The van der Waals surface area contributed by atoms with Crippen LogP contribution in [0.15, 0.2) is 22.8 Å². The largest absolute Gasteiger partial charge is 0.459 e. The number of carbonyl (C=O) groups excluding carboxylic acids is 1. The van der Waals surface area contributed by atoms with E-state index < -0.39 is 18.9 Å². The molecule has 15 heavy (non-hydrogen) atoms. The molecule has 0 radical (unpaired) electrons. The molecule has 0 unspecified atom stereocenters. The van der Waals surface area contributed by atoms with Gasteiger partial charge >= 0.3 is 0 Å². The van der Waals surface area contributed by atoms with Crippen LogP contribution < -0.4 is 0 Å². The predicted molar refractivity (Wildman–Crippen MR) is 54.4 cm³/mol. The Morgan fingerprint density at radius 1 is 1.60 bits per heavy atom. The Hall–Kier alpha value is -0.910. The fourth-order valence-corrected chi connectivity index (χ4v) is 1.53. The molecule has 1 aromatic rings. The number of rotatable bonds is 5. The number of hydrogen-bond donors (Lipinski definition) is 0. The van der Waals surface area contributed by atoms with E-state index in [1.165, 1.54) is 12.3 Å². The standard InChI is InChI=1S/C9H10BrF2NO2/c10-3-4-13(6-8(11)12)9(14)7-2-1-5-15-7/h1-2,5,8H,3-4,6H2. The second-order valence-electron chi connectivity index (χ2n) is 2.81. The average Bonchev–Trinajstić information content (AvgIpc) is 2.68. The smallest absolute Gasteiger partial charge is 0.289 e. The second kappa shape index (κ2) is 5.85. The summed E-state index contributed by atoms with van der Waals surface area (Å²) in [5.74, 6) is -0.434. The molecule has 0 aromatic carbocycles. The first-order valence-electron chi connectivity index (χ1n) is 4.32. The number of nitrogens with zero attached hydrogens (tertiary/aromatic N) is 1. The highest BCUT2D eigenvalue weighted by Crippen LogP contribution is 2.08. The van der Waals surface area contributed by atoms with E-state index in [1.807, 2.05) is 0 Å². The number of furan rings is 1. The molecule has 0 N–H and O–H groups in total. The lowest BCUT2D eigenvalue weighted by molar-refractivity contribution is 0.0545. The zero-order valence-electron chi connectivity index (χ0n) is 7.83. The first-order chi connectivity index (χ1) is 7.15. The van der Waals surface area contributed by atoms with Gasteiger partial charge in [0.15, 0.2) is 5.76 Å². The topological polar surface area (TPSA) is 33.5 Å². The van der Waals surface area contributed by atoms with Crippen LogP contribution in [0.25, 0.3) is 0 Å². The van der Waals surface area contributed by atoms with Crippen LogP contribution in [-0.4, -0.2) is 35.7 Å². The van der Waals surface area contributed by atoms with Crippen LogP contribution >= 0.6 is 15.9 Å². The van der Waals surface area contributed by atoms with E-state index in [0.717, 1.165) is 4.90 Å². The number of halogens is 3. The molecule has 0 fully saturated rings. The van der Waals surface area contributed by atoms with Crippen molar-refractivity contribution in [3.05, 3.63) is 24.2 Å². The minimum atomic E-state index is -2.54. The number of alkyl halides is 3. The highest BCUT2D eigenvalue weighted by atomic mass is 79.9. The van der Waals surface area contributed by atoms with Gasteiger partial charge in [0, 0.05) is 11.9 Å². The Bertz CT molecular complexity index is 303. The zero-order chi connectivity index (χ0) is 11.3. The first-order valence-corrected chi connectivity index (χ1v) is 5.44. The molecule has 0 aliphatic rings. The van der Waals surface area contributed by atoms with Crippen molar-refractivity contribution in [2.75, 3.05) is 18.4 Å². The third kappa shape index (κ3) is 3.62. The number of hydrogen-bond acceptors (Lipinski definition) is 2. The lowest BCUT2D eigenvalue weighted by Crippen LogP contribution is -2.36. The van der Waals surface area contributed by atoms with Crippen LogP contribution in [0.2, 0.25) is 0 Å².